The Morgan fingerprint density at radius 1 is 1.33 bits per heavy atom. The summed E-state index contributed by atoms with van der Waals surface area (Å²) in [6.07, 6.45) is 1.97. The van der Waals surface area contributed by atoms with Gasteiger partial charge < -0.3 is 10.4 Å². The Morgan fingerprint density at radius 2 is 2.00 bits per heavy atom. The van der Waals surface area contributed by atoms with Gasteiger partial charge in [-0.05, 0) is 12.8 Å². The molecule has 3 amide bonds. The monoisotopic (exact) mass is 173 g/mol. The summed E-state index contributed by atoms with van der Waals surface area (Å²) >= 11 is 0. The molecule has 0 aliphatic heterocycles. The number of hydrogen-bond acceptors (Lipinski definition) is 3. The normalized spacial score (nSPS) is 15.1. The van der Waals surface area contributed by atoms with Crippen LogP contribution >= 0.6 is 0 Å². The lowest BCUT2D eigenvalue weighted by Gasteiger charge is -2.06. The van der Waals surface area contributed by atoms with Crippen LogP contribution in [-0.4, -0.2) is 29.7 Å². The first-order valence-corrected chi connectivity index (χ1v) is 3.68. The van der Waals surface area contributed by atoms with E-state index in [0.717, 1.165) is 12.8 Å². The van der Waals surface area contributed by atoms with Crippen molar-refractivity contribution in [2.75, 3.05) is 6.61 Å². The van der Waals surface area contributed by atoms with Crippen molar-refractivity contribution in [3.8, 4) is 0 Å². The van der Waals surface area contributed by atoms with Gasteiger partial charge in [-0.3, -0.25) is 10.2 Å². The molecule has 1 rings (SSSR count). The number of urea groups is 1. The minimum Gasteiger partial charge on any atom is -0.386 e. The highest BCUT2D eigenvalue weighted by Crippen LogP contribution is 2.17. The number of aliphatic hydroxyl groups excluding tert-OH is 1. The summed E-state index contributed by atoms with van der Waals surface area (Å²) in [6, 6.07) is -0.199. The minimum absolute atomic E-state index is 0.246. The van der Waals surface area contributed by atoms with Gasteiger partial charge >= 0.3 is 6.03 Å². The Labute approximate surface area is 69.3 Å². The second kappa shape index (κ2) is 3.91. The molecule has 12 heavy (non-hydrogen) atoms. The number of amides is 3. The molecule has 6 heteroatoms. The van der Waals surface area contributed by atoms with Gasteiger partial charge in [-0.1, -0.05) is 0 Å². The van der Waals surface area contributed by atoms with Crippen LogP contribution in [0.15, 0.2) is 0 Å². The van der Waals surface area contributed by atoms with Crippen LogP contribution in [0, 0.1) is 0 Å². The lowest BCUT2D eigenvalue weighted by atomic mass is 10.7. The van der Waals surface area contributed by atoms with E-state index in [-0.39, 0.29) is 6.04 Å². The number of carbonyl (C=O) groups is 2. The third-order valence-corrected chi connectivity index (χ3v) is 1.37. The highest BCUT2D eigenvalue weighted by atomic mass is 16.3. The molecule has 0 bridgehead atoms. The van der Waals surface area contributed by atoms with Gasteiger partial charge in [0.15, 0.2) is 0 Å². The van der Waals surface area contributed by atoms with E-state index in [2.05, 4.69) is 10.7 Å². The van der Waals surface area contributed by atoms with Gasteiger partial charge in [0.1, 0.15) is 6.61 Å². The molecule has 0 aromatic carbocycles. The van der Waals surface area contributed by atoms with Crippen LogP contribution in [0.4, 0.5) is 4.79 Å². The van der Waals surface area contributed by atoms with Crippen molar-refractivity contribution < 1.29 is 14.7 Å². The van der Waals surface area contributed by atoms with E-state index < -0.39 is 18.5 Å². The molecule has 0 aromatic heterocycles. The smallest absolute Gasteiger partial charge is 0.333 e. The van der Waals surface area contributed by atoms with E-state index in [4.69, 9.17) is 5.11 Å². The molecule has 1 saturated carbocycles. The van der Waals surface area contributed by atoms with Crippen LogP contribution in [0.5, 0.6) is 0 Å². The molecule has 4 N–H and O–H groups in total. The number of hydrogen-bond donors (Lipinski definition) is 4. The number of rotatable bonds is 2. The Bertz CT molecular complexity index is 190. The van der Waals surface area contributed by atoms with Crippen LogP contribution in [0.3, 0.4) is 0 Å². The van der Waals surface area contributed by atoms with Crippen molar-refractivity contribution >= 4 is 11.9 Å². The van der Waals surface area contributed by atoms with Crippen LogP contribution in [0.1, 0.15) is 12.8 Å². The second-order valence-corrected chi connectivity index (χ2v) is 2.58. The second-order valence-electron chi connectivity index (χ2n) is 2.58. The van der Waals surface area contributed by atoms with E-state index in [9.17, 15) is 9.59 Å². The van der Waals surface area contributed by atoms with Crippen LogP contribution in [0.2, 0.25) is 0 Å². The zero-order valence-corrected chi connectivity index (χ0v) is 6.46. The van der Waals surface area contributed by atoms with Gasteiger partial charge in [-0.2, -0.15) is 0 Å². The summed E-state index contributed by atoms with van der Waals surface area (Å²) < 4.78 is 0. The highest BCUT2D eigenvalue weighted by molar-refractivity contribution is 5.81. The standard InChI is InChI=1S/C6H11N3O3/c10-3-5(11)8-9-6(12)7-4-1-2-4/h4,10H,1-3H2,(H,8,11)(H2,7,9,12). The SMILES string of the molecule is O=C(CO)NNC(=O)NC1CC1. The molecule has 68 valence electrons. The predicted octanol–water partition coefficient (Wildman–Crippen LogP) is -1.53. The molecule has 0 aromatic rings. The topological polar surface area (TPSA) is 90.5 Å². The number of carbonyl (C=O) groups excluding carboxylic acids is 2. The fourth-order valence-corrected chi connectivity index (χ4v) is 0.615. The van der Waals surface area contributed by atoms with Gasteiger partial charge in [0.05, 0.1) is 0 Å². The Kier molecular flexibility index (Phi) is 2.87. The van der Waals surface area contributed by atoms with Crippen LogP contribution in [0.25, 0.3) is 0 Å². The van der Waals surface area contributed by atoms with Crippen LogP contribution < -0.4 is 16.2 Å². The zero-order chi connectivity index (χ0) is 8.97. The molecule has 0 spiro atoms. The predicted molar refractivity (Wildman–Crippen MR) is 39.9 cm³/mol. The van der Waals surface area contributed by atoms with Crippen molar-refractivity contribution in [2.24, 2.45) is 0 Å². The minimum atomic E-state index is -0.638. The van der Waals surface area contributed by atoms with E-state index in [1.807, 2.05) is 5.43 Å². The van der Waals surface area contributed by atoms with Gasteiger partial charge in [-0.15, -0.1) is 0 Å². The molecule has 0 unspecified atom stereocenters. The molecule has 1 aliphatic carbocycles. The maximum atomic E-state index is 10.8. The van der Waals surface area contributed by atoms with Gasteiger partial charge in [0, 0.05) is 6.04 Å². The van der Waals surface area contributed by atoms with Gasteiger partial charge in [0.25, 0.3) is 5.91 Å². The summed E-state index contributed by atoms with van der Waals surface area (Å²) in [6.45, 7) is -0.635. The molecule has 0 heterocycles. The Hall–Kier alpha value is -1.30. The maximum absolute atomic E-state index is 10.8. The van der Waals surface area contributed by atoms with Crippen molar-refractivity contribution in [2.45, 2.75) is 18.9 Å². The first-order valence-electron chi connectivity index (χ1n) is 3.68. The fourth-order valence-electron chi connectivity index (χ4n) is 0.615. The summed E-state index contributed by atoms with van der Waals surface area (Å²) in [7, 11) is 0. The quantitative estimate of drug-likeness (QED) is 0.382. The number of hydrazine groups is 1. The average Bonchev–Trinajstić information content (AvgIpc) is 2.84. The van der Waals surface area contributed by atoms with Crippen molar-refractivity contribution in [1.82, 2.24) is 16.2 Å². The average molecular weight is 173 g/mol. The highest BCUT2D eigenvalue weighted by Gasteiger charge is 2.23. The number of aliphatic hydroxyl groups is 1. The lowest BCUT2D eigenvalue weighted by molar-refractivity contribution is -0.124. The molecular formula is C6H11N3O3. The van der Waals surface area contributed by atoms with E-state index in [1.165, 1.54) is 0 Å². The lowest BCUT2D eigenvalue weighted by Crippen LogP contribution is -2.48. The van der Waals surface area contributed by atoms with Crippen molar-refractivity contribution in [3.63, 3.8) is 0 Å². The molecule has 6 nitrogen and oxygen atoms in total. The summed E-state index contributed by atoms with van der Waals surface area (Å²) in [4.78, 5) is 21.2. The van der Waals surface area contributed by atoms with Crippen molar-refractivity contribution in [3.05, 3.63) is 0 Å². The van der Waals surface area contributed by atoms with Gasteiger partial charge in [0.2, 0.25) is 0 Å². The molecule has 1 aliphatic rings. The summed E-state index contributed by atoms with van der Waals surface area (Å²) in [5, 5.41) is 10.8. The van der Waals surface area contributed by atoms with E-state index in [1.54, 1.807) is 0 Å². The number of nitrogens with one attached hydrogen (secondary N) is 3. The molecule has 0 radical (unpaired) electrons. The molecule has 1 fully saturated rings. The molecule has 0 atom stereocenters. The Morgan fingerprint density at radius 3 is 2.50 bits per heavy atom. The van der Waals surface area contributed by atoms with Gasteiger partial charge in [-0.25, -0.2) is 10.2 Å². The van der Waals surface area contributed by atoms with Crippen LogP contribution in [-0.2, 0) is 4.79 Å². The third-order valence-electron chi connectivity index (χ3n) is 1.37. The van der Waals surface area contributed by atoms with E-state index >= 15 is 0 Å². The first kappa shape index (κ1) is 8.79. The first-order chi connectivity index (χ1) is 5.72. The third kappa shape index (κ3) is 3.20. The maximum Gasteiger partial charge on any atom is 0.333 e. The van der Waals surface area contributed by atoms with Crippen molar-refractivity contribution in [1.29, 1.82) is 0 Å². The largest absolute Gasteiger partial charge is 0.386 e. The zero-order valence-electron chi connectivity index (χ0n) is 6.46. The van der Waals surface area contributed by atoms with E-state index in [0.29, 0.717) is 0 Å². The summed E-state index contributed by atoms with van der Waals surface area (Å²) in [5.41, 5.74) is 4.11. The fraction of sp³-hybridized carbons (Fsp3) is 0.667. The molecule has 0 saturated heterocycles. The molecular weight excluding hydrogens is 162 g/mol. The summed E-state index contributed by atoms with van der Waals surface area (Å²) in [5.74, 6) is -0.638. The Balaban J connectivity index is 2.04.